The summed E-state index contributed by atoms with van der Waals surface area (Å²) in [5, 5.41) is 0. The van der Waals surface area contributed by atoms with Crippen LogP contribution in [0.3, 0.4) is 0 Å². The molecule has 0 aliphatic heterocycles. The van der Waals surface area contributed by atoms with Gasteiger partial charge >= 0.3 is 0 Å². The van der Waals surface area contributed by atoms with Crippen molar-refractivity contribution in [1.29, 1.82) is 0 Å². The van der Waals surface area contributed by atoms with Crippen molar-refractivity contribution in [1.82, 2.24) is 15.4 Å². The number of hydrogen-bond donors (Lipinski definition) is 2. The van der Waals surface area contributed by atoms with Gasteiger partial charge in [-0.25, -0.2) is 14.8 Å². The maximum absolute atomic E-state index is 13.3. The molecule has 0 saturated carbocycles. The van der Waals surface area contributed by atoms with Crippen LogP contribution >= 0.6 is 15.9 Å². The van der Waals surface area contributed by atoms with Crippen LogP contribution in [0.25, 0.3) is 0 Å². The number of nitrogens with two attached hydrogens (primary N) is 1. The first kappa shape index (κ1) is 13.9. The summed E-state index contributed by atoms with van der Waals surface area (Å²) in [7, 11) is 1.50. The van der Waals surface area contributed by atoms with Gasteiger partial charge in [0.2, 0.25) is 5.88 Å². The van der Waals surface area contributed by atoms with Gasteiger partial charge in [0.25, 0.3) is 0 Å². The third-order valence-corrected chi connectivity index (χ3v) is 3.21. The Morgan fingerprint density at radius 1 is 1.37 bits per heavy atom. The Balaban J connectivity index is 2.46. The van der Waals surface area contributed by atoms with E-state index in [9.17, 15) is 4.39 Å². The van der Waals surface area contributed by atoms with E-state index in [4.69, 9.17) is 10.6 Å². The van der Waals surface area contributed by atoms with Crippen molar-refractivity contribution in [3.8, 4) is 5.88 Å². The molecule has 2 aromatic rings. The molecule has 7 heteroatoms. The molecule has 3 N–H and O–H groups in total. The molecule has 0 bridgehead atoms. The Hall–Kier alpha value is -1.57. The molecule has 0 radical (unpaired) electrons. The number of nitrogens with zero attached hydrogens (tertiary/aromatic N) is 2. The van der Waals surface area contributed by atoms with Crippen LogP contribution in [0.4, 0.5) is 4.39 Å². The van der Waals surface area contributed by atoms with Crippen LogP contribution in [0.2, 0.25) is 0 Å². The van der Waals surface area contributed by atoms with E-state index in [1.165, 1.54) is 19.4 Å². The zero-order valence-corrected chi connectivity index (χ0v) is 11.7. The van der Waals surface area contributed by atoms with Gasteiger partial charge in [-0.15, -0.1) is 0 Å². The van der Waals surface area contributed by atoms with E-state index in [0.29, 0.717) is 16.0 Å². The van der Waals surface area contributed by atoms with Gasteiger partial charge in [-0.3, -0.25) is 10.8 Å². The predicted octanol–water partition coefficient (Wildman–Crippen LogP) is 1.94. The highest BCUT2D eigenvalue weighted by atomic mass is 79.9. The molecule has 1 aromatic heterocycles. The lowest BCUT2D eigenvalue weighted by Crippen LogP contribution is -2.30. The molecule has 0 aliphatic carbocycles. The summed E-state index contributed by atoms with van der Waals surface area (Å²) < 4.78 is 18.8. The Bertz CT molecular complexity index is 581. The minimum atomic E-state index is -0.444. The zero-order valence-electron chi connectivity index (χ0n) is 10.1. The number of methoxy groups -OCH3 is 1. The standard InChI is InChI=1S/C12H12BrFN4O/c1-19-12-11(16-4-5-17-12)10(18-15)7-2-3-9(14)8(13)6-7/h2-6,10,18H,15H2,1H3. The van der Waals surface area contributed by atoms with Gasteiger partial charge in [0.1, 0.15) is 11.5 Å². The van der Waals surface area contributed by atoms with Gasteiger partial charge in [0, 0.05) is 12.4 Å². The fourth-order valence-electron chi connectivity index (χ4n) is 1.72. The van der Waals surface area contributed by atoms with Gasteiger partial charge in [-0.05, 0) is 33.6 Å². The van der Waals surface area contributed by atoms with Crippen molar-refractivity contribution >= 4 is 15.9 Å². The number of ether oxygens (including phenoxy) is 1. The number of rotatable bonds is 4. The molecule has 2 rings (SSSR count). The van der Waals surface area contributed by atoms with Crippen LogP contribution in [-0.4, -0.2) is 17.1 Å². The molecule has 0 saturated heterocycles. The zero-order chi connectivity index (χ0) is 13.8. The largest absolute Gasteiger partial charge is 0.480 e. The molecule has 0 amide bonds. The van der Waals surface area contributed by atoms with Crippen LogP contribution in [0.5, 0.6) is 5.88 Å². The highest BCUT2D eigenvalue weighted by Crippen LogP contribution is 2.28. The topological polar surface area (TPSA) is 73.1 Å². The summed E-state index contributed by atoms with van der Waals surface area (Å²) in [4.78, 5) is 8.28. The predicted molar refractivity (Wildman–Crippen MR) is 71.9 cm³/mol. The number of nitrogens with one attached hydrogen (secondary N) is 1. The third-order valence-electron chi connectivity index (χ3n) is 2.60. The fraction of sp³-hybridized carbons (Fsp3) is 0.167. The number of benzene rings is 1. The van der Waals surface area contributed by atoms with E-state index in [0.717, 1.165) is 5.56 Å². The van der Waals surface area contributed by atoms with Gasteiger partial charge in [0.15, 0.2) is 0 Å². The van der Waals surface area contributed by atoms with Crippen LogP contribution in [0, 0.1) is 5.82 Å². The first-order valence-electron chi connectivity index (χ1n) is 5.43. The van der Waals surface area contributed by atoms with Gasteiger partial charge < -0.3 is 4.74 Å². The molecule has 0 aliphatic rings. The fourth-order valence-corrected chi connectivity index (χ4v) is 2.11. The van der Waals surface area contributed by atoms with E-state index in [-0.39, 0.29) is 5.82 Å². The van der Waals surface area contributed by atoms with E-state index < -0.39 is 6.04 Å². The number of halogens is 2. The lowest BCUT2D eigenvalue weighted by Gasteiger charge is -2.17. The number of hydrazine groups is 1. The summed E-state index contributed by atoms with van der Waals surface area (Å²) in [6.45, 7) is 0. The van der Waals surface area contributed by atoms with Gasteiger partial charge in [-0.2, -0.15) is 0 Å². The summed E-state index contributed by atoms with van der Waals surface area (Å²) in [5.41, 5.74) is 3.91. The average Bonchev–Trinajstić information content (AvgIpc) is 2.44. The monoisotopic (exact) mass is 326 g/mol. The second kappa shape index (κ2) is 6.05. The molecule has 100 valence electrons. The smallest absolute Gasteiger partial charge is 0.237 e. The van der Waals surface area contributed by atoms with Crippen molar-refractivity contribution in [3.63, 3.8) is 0 Å². The second-order valence-corrected chi connectivity index (χ2v) is 4.58. The van der Waals surface area contributed by atoms with Crippen LogP contribution in [-0.2, 0) is 0 Å². The van der Waals surface area contributed by atoms with Crippen molar-refractivity contribution in [2.75, 3.05) is 7.11 Å². The molecule has 1 heterocycles. The third kappa shape index (κ3) is 2.89. The first-order chi connectivity index (χ1) is 9.17. The summed E-state index contributed by atoms with van der Waals surface area (Å²) >= 11 is 3.14. The van der Waals surface area contributed by atoms with E-state index in [1.807, 2.05) is 0 Å². The van der Waals surface area contributed by atoms with Gasteiger partial charge in [-0.1, -0.05) is 6.07 Å². The van der Waals surface area contributed by atoms with Crippen molar-refractivity contribution < 1.29 is 9.13 Å². The normalized spacial score (nSPS) is 12.2. The highest BCUT2D eigenvalue weighted by molar-refractivity contribution is 9.10. The number of aromatic nitrogens is 2. The van der Waals surface area contributed by atoms with E-state index >= 15 is 0 Å². The average molecular weight is 327 g/mol. The Morgan fingerprint density at radius 3 is 2.74 bits per heavy atom. The molecule has 1 unspecified atom stereocenters. The Morgan fingerprint density at radius 2 is 2.11 bits per heavy atom. The van der Waals surface area contributed by atoms with E-state index in [2.05, 4.69) is 31.3 Å². The summed E-state index contributed by atoms with van der Waals surface area (Å²) in [5.74, 6) is 5.59. The van der Waals surface area contributed by atoms with Crippen molar-refractivity contribution in [3.05, 3.63) is 52.1 Å². The summed E-state index contributed by atoms with van der Waals surface area (Å²) in [6.07, 6.45) is 3.07. The van der Waals surface area contributed by atoms with E-state index in [1.54, 1.807) is 18.3 Å². The maximum Gasteiger partial charge on any atom is 0.237 e. The van der Waals surface area contributed by atoms with Crippen LogP contribution in [0.1, 0.15) is 17.3 Å². The highest BCUT2D eigenvalue weighted by Gasteiger charge is 2.20. The molecule has 1 aromatic carbocycles. The second-order valence-electron chi connectivity index (χ2n) is 3.72. The Labute approximate surface area is 118 Å². The molecule has 5 nitrogen and oxygen atoms in total. The lowest BCUT2D eigenvalue weighted by atomic mass is 10.0. The van der Waals surface area contributed by atoms with Crippen molar-refractivity contribution in [2.24, 2.45) is 5.84 Å². The van der Waals surface area contributed by atoms with Crippen molar-refractivity contribution in [2.45, 2.75) is 6.04 Å². The molecular weight excluding hydrogens is 315 g/mol. The van der Waals surface area contributed by atoms with Crippen LogP contribution < -0.4 is 16.0 Å². The molecule has 0 fully saturated rings. The first-order valence-corrected chi connectivity index (χ1v) is 6.22. The molecule has 19 heavy (non-hydrogen) atoms. The summed E-state index contributed by atoms with van der Waals surface area (Å²) in [6, 6.07) is 4.17. The lowest BCUT2D eigenvalue weighted by molar-refractivity contribution is 0.383. The molecule has 0 spiro atoms. The minimum absolute atomic E-state index is 0.342. The molecular formula is C12H12BrFN4O. The minimum Gasteiger partial charge on any atom is -0.480 e. The van der Waals surface area contributed by atoms with Gasteiger partial charge in [0.05, 0.1) is 17.6 Å². The van der Waals surface area contributed by atoms with Crippen LogP contribution in [0.15, 0.2) is 35.1 Å². The molecule has 1 atom stereocenters. The number of hydrogen-bond acceptors (Lipinski definition) is 5. The quantitative estimate of drug-likeness (QED) is 0.663. The maximum atomic E-state index is 13.3. The SMILES string of the molecule is COc1nccnc1C(NN)c1ccc(F)c(Br)c1. The Kier molecular flexibility index (Phi) is 4.41.